The fraction of sp³-hybridized carbons (Fsp3) is 0. The predicted molar refractivity (Wildman–Crippen MR) is 240 cm³/mol. The molecule has 0 fully saturated rings. The number of aromatic nitrogens is 4. The summed E-state index contributed by atoms with van der Waals surface area (Å²) < 4.78 is 15.3. The molecule has 0 aliphatic carbocycles. The van der Waals surface area contributed by atoms with Crippen molar-refractivity contribution in [1.82, 2.24) is 19.5 Å². The van der Waals surface area contributed by atoms with Gasteiger partial charge >= 0.3 is 0 Å². The molecule has 0 radical (unpaired) electrons. The van der Waals surface area contributed by atoms with Gasteiger partial charge in [-0.25, -0.2) is 15.0 Å². The van der Waals surface area contributed by atoms with Crippen LogP contribution < -0.4 is 0 Å². The minimum Gasteiger partial charge on any atom is -0.456 e. The number of hydrogen-bond donors (Lipinski definition) is 0. The molecule has 0 atom stereocenters. The van der Waals surface area contributed by atoms with E-state index >= 15 is 0 Å². The fourth-order valence-corrected chi connectivity index (χ4v) is 9.06. The van der Waals surface area contributed by atoms with E-state index in [1.54, 1.807) is 0 Å². The second kappa shape index (κ2) is 12.2. The minimum absolute atomic E-state index is 0.544. The number of nitrogens with zero attached hydrogens (tertiary/aromatic N) is 4. The van der Waals surface area contributed by atoms with Gasteiger partial charge in [-0.2, -0.15) is 0 Å². The Kier molecular flexibility index (Phi) is 6.63. The molecule has 0 amide bonds. The van der Waals surface area contributed by atoms with Crippen molar-refractivity contribution in [1.29, 1.82) is 0 Å². The molecule has 0 aliphatic rings. The molecule has 0 saturated heterocycles. The summed E-state index contributed by atoms with van der Waals surface area (Å²) in [6, 6.07) is 63.4. The lowest BCUT2D eigenvalue weighted by Crippen LogP contribution is -2.04. The van der Waals surface area contributed by atoms with E-state index in [1.165, 1.54) is 32.3 Å². The van der Waals surface area contributed by atoms with E-state index in [4.69, 9.17) is 23.8 Å². The molecule has 0 bridgehead atoms. The molecule has 0 N–H and O–H groups in total. The van der Waals surface area contributed by atoms with Gasteiger partial charge in [-0.05, 0) is 82.2 Å². The van der Waals surface area contributed by atoms with Crippen molar-refractivity contribution in [2.24, 2.45) is 0 Å². The van der Waals surface area contributed by atoms with Crippen LogP contribution in [-0.4, -0.2) is 19.5 Å². The van der Waals surface area contributed by atoms with E-state index in [-0.39, 0.29) is 0 Å². The van der Waals surface area contributed by atoms with Gasteiger partial charge in [0, 0.05) is 43.4 Å². The predicted octanol–water partition coefficient (Wildman–Crippen LogP) is 14.1. The first-order chi connectivity index (χ1) is 29.2. The van der Waals surface area contributed by atoms with Crippen molar-refractivity contribution < 1.29 is 8.83 Å². The Labute approximate surface area is 336 Å². The van der Waals surface area contributed by atoms with Crippen LogP contribution in [0.15, 0.2) is 191 Å². The van der Waals surface area contributed by atoms with E-state index < -0.39 is 0 Å². The quantitative estimate of drug-likeness (QED) is 0.179. The Morgan fingerprint density at radius 1 is 0.339 bits per heavy atom. The molecule has 13 aromatic rings. The van der Waals surface area contributed by atoms with Gasteiger partial charge in [-0.1, -0.05) is 121 Å². The second-order valence-electron chi connectivity index (χ2n) is 15.2. The highest BCUT2D eigenvalue weighted by Gasteiger charge is 2.25. The summed E-state index contributed by atoms with van der Waals surface area (Å²) in [7, 11) is 0. The van der Waals surface area contributed by atoms with Gasteiger partial charge in [0.1, 0.15) is 22.3 Å². The minimum atomic E-state index is 0.544. The number of furan rings is 2. The second-order valence-corrected chi connectivity index (χ2v) is 15.2. The molecule has 59 heavy (non-hydrogen) atoms. The molecular formula is C53H30N4O2. The molecule has 0 unspecified atom stereocenters. The zero-order valence-electron chi connectivity index (χ0n) is 31.4. The van der Waals surface area contributed by atoms with Gasteiger partial charge in [0.2, 0.25) is 0 Å². The highest BCUT2D eigenvalue weighted by Crippen LogP contribution is 2.44. The summed E-state index contributed by atoms with van der Waals surface area (Å²) in [6.45, 7) is 0. The highest BCUT2D eigenvalue weighted by molar-refractivity contribution is 6.19. The van der Waals surface area contributed by atoms with Crippen LogP contribution in [-0.2, 0) is 0 Å². The molecule has 0 spiro atoms. The van der Waals surface area contributed by atoms with E-state index in [9.17, 15) is 0 Å². The van der Waals surface area contributed by atoms with E-state index in [0.29, 0.717) is 17.5 Å². The van der Waals surface area contributed by atoms with Crippen LogP contribution in [0.3, 0.4) is 0 Å². The Bertz CT molecular complexity index is 3760. The maximum Gasteiger partial charge on any atom is 0.166 e. The molecule has 6 nitrogen and oxygen atoms in total. The SMILES string of the molecule is c1ccc(-c2nc(-c3ccc4c(c3)oc3ccccc34)nc(-c3c(-n4c5cc6ccccc6cc5c5cc6ccccc6cc54)ccc4oc5ccccc5c34)n2)cc1. The van der Waals surface area contributed by atoms with Crippen molar-refractivity contribution in [2.75, 3.05) is 0 Å². The standard InChI is InChI=1S/C53H30N4O2/c1-2-12-31(13-3-1)51-54-52(36-22-23-38-37-18-8-10-20-45(37)59-48(38)30-36)56-53(55-51)50-42(24-25-47-49(50)39-19-9-11-21-46(39)58-47)57-43-28-34-16-6-4-14-32(34)26-40(43)41-27-33-15-5-7-17-35(33)29-44(41)57/h1-30H. The lowest BCUT2D eigenvalue weighted by molar-refractivity contribution is 0.668. The maximum atomic E-state index is 6.59. The van der Waals surface area contributed by atoms with Gasteiger partial charge in [0.25, 0.3) is 0 Å². The Hall–Kier alpha value is -8.09. The first kappa shape index (κ1) is 32.0. The molecule has 6 heteroatoms. The zero-order valence-corrected chi connectivity index (χ0v) is 31.4. The molecule has 0 saturated carbocycles. The average molecular weight is 755 g/mol. The summed E-state index contributed by atoms with van der Waals surface area (Å²) in [5.41, 5.74) is 8.89. The van der Waals surface area contributed by atoms with Gasteiger partial charge in [0.15, 0.2) is 17.5 Å². The zero-order chi connectivity index (χ0) is 38.6. The first-order valence-electron chi connectivity index (χ1n) is 19.8. The Morgan fingerprint density at radius 2 is 0.864 bits per heavy atom. The van der Waals surface area contributed by atoms with Gasteiger partial charge in [-0.3, -0.25) is 0 Å². The normalized spacial score (nSPS) is 12.1. The van der Waals surface area contributed by atoms with Gasteiger partial charge < -0.3 is 13.4 Å². The van der Waals surface area contributed by atoms with Gasteiger partial charge in [-0.15, -0.1) is 0 Å². The Balaban J connectivity index is 1.17. The average Bonchev–Trinajstić information content (AvgIpc) is 3.96. The maximum absolute atomic E-state index is 6.59. The first-order valence-corrected chi connectivity index (χ1v) is 19.8. The molecular weight excluding hydrogens is 725 g/mol. The molecule has 4 heterocycles. The van der Waals surface area contributed by atoms with Crippen LogP contribution in [0, 0.1) is 0 Å². The number of hydrogen-bond acceptors (Lipinski definition) is 5. The van der Waals surface area contributed by atoms with Crippen molar-refractivity contribution in [3.63, 3.8) is 0 Å². The van der Waals surface area contributed by atoms with Crippen LogP contribution in [0.2, 0.25) is 0 Å². The van der Waals surface area contributed by atoms with E-state index in [2.05, 4.69) is 120 Å². The third-order valence-corrected chi connectivity index (χ3v) is 11.8. The van der Waals surface area contributed by atoms with Crippen LogP contribution in [0.25, 0.3) is 127 Å². The topological polar surface area (TPSA) is 69.9 Å². The third kappa shape index (κ3) is 4.84. The van der Waals surface area contributed by atoms with Crippen molar-refractivity contribution >= 4 is 87.2 Å². The van der Waals surface area contributed by atoms with Crippen molar-refractivity contribution in [3.8, 4) is 39.9 Å². The van der Waals surface area contributed by atoms with Gasteiger partial charge in [0.05, 0.1) is 22.3 Å². The van der Waals surface area contributed by atoms with Crippen molar-refractivity contribution in [3.05, 3.63) is 182 Å². The summed E-state index contributed by atoms with van der Waals surface area (Å²) in [5, 5.41) is 11.1. The van der Waals surface area contributed by atoms with Crippen LogP contribution in [0.5, 0.6) is 0 Å². The highest BCUT2D eigenvalue weighted by atomic mass is 16.3. The van der Waals surface area contributed by atoms with E-state index in [1.807, 2.05) is 66.7 Å². The molecule has 274 valence electrons. The summed E-state index contributed by atoms with van der Waals surface area (Å²) in [4.78, 5) is 15.9. The van der Waals surface area contributed by atoms with E-state index in [0.717, 1.165) is 77.3 Å². The molecule has 4 aromatic heterocycles. The molecule has 0 aliphatic heterocycles. The lowest BCUT2D eigenvalue weighted by atomic mass is 10.0. The fourth-order valence-electron chi connectivity index (χ4n) is 9.06. The summed E-state index contributed by atoms with van der Waals surface area (Å²) in [6.07, 6.45) is 0. The smallest absolute Gasteiger partial charge is 0.166 e. The molecule has 9 aromatic carbocycles. The lowest BCUT2D eigenvalue weighted by Gasteiger charge is -2.16. The molecule has 13 rings (SSSR count). The van der Waals surface area contributed by atoms with Crippen molar-refractivity contribution in [2.45, 2.75) is 0 Å². The number of rotatable bonds is 4. The third-order valence-electron chi connectivity index (χ3n) is 11.8. The number of benzene rings is 9. The Morgan fingerprint density at radius 3 is 1.56 bits per heavy atom. The number of fused-ring (bicyclic) bond motifs is 11. The summed E-state index contributed by atoms with van der Waals surface area (Å²) in [5.74, 6) is 1.67. The largest absolute Gasteiger partial charge is 0.456 e. The van der Waals surface area contributed by atoms with Crippen LogP contribution in [0.1, 0.15) is 0 Å². The monoisotopic (exact) mass is 754 g/mol. The van der Waals surface area contributed by atoms with Crippen LogP contribution in [0.4, 0.5) is 0 Å². The number of para-hydroxylation sites is 2. The van der Waals surface area contributed by atoms with Crippen LogP contribution >= 0.6 is 0 Å². The summed E-state index contributed by atoms with van der Waals surface area (Å²) >= 11 is 0.